The zero-order valence-electron chi connectivity index (χ0n) is 11.0. The maximum atomic E-state index is 10.6. The average molecular weight is 277 g/mol. The summed E-state index contributed by atoms with van der Waals surface area (Å²) in [6, 6.07) is 8.20. The topological polar surface area (TPSA) is 63.9 Å². The minimum atomic E-state index is -0.418. The lowest BCUT2D eigenvalue weighted by Gasteiger charge is -2.15. The van der Waals surface area contributed by atoms with Gasteiger partial charge in [0.15, 0.2) is 0 Å². The molecule has 0 aliphatic heterocycles. The van der Waals surface area contributed by atoms with E-state index in [1.165, 1.54) is 12.1 Å². The molecule has 0 amide bonds. The molecular weight excluding hydrogens is 262 g/mol. The first-order valence-corrected chi connectivity index (χ1v) is 6.27. The van der Waals surface area contributed by atoms with E-state index >= 15 is 0 Å². The third-order valence-corrected chi connectivity index (χ3v) is 3.15. The van der Waals surface area contributed by atoms with Crippen molar-refractivity contribution in [1.29, 1.82) is 0 Å². The molecule has 0 fully saturated rings. The summed E-state index contributed by atoms with van der Waals surface area (Å²) in [7, 11) is 0. The molecule has 0 saturated heterocycles. The lowest BCUT2D eigenvalue weighted by Crippen LogP contribution is -2.12. The van der Waals surface area contributed by atoms with Crippen LogP contribution in [-0.2, 0) is 5.41 Å². The number of non-ortho nitro benzene ring substituents is 1. The molecule has 0 spiro atoms. The van der Waals surface area contributed by atoms with Crippen molar-refractivity contribution in [2.45, 2.75) is 26.2 Å². The molecule has 6 heteroatoms. The number of nitro groups is 1. The SMILES string of the molecule is CC(C)(C)c1cc(=S)n(-c2ccc([N+](=O)[O-])cc2)[nH]1. The van der Waals surface area contributed by atoms with Gasteiger partial charge in [-0.15, -0.1) is 0 Å². The average Bonchev–Trinajstić information content (AvgIpc) is 2.71. The second-order valence-corrected chi connectivity index (χ2v) is 5.79. The summed E-state index contributed by atoms with van der Waals surface area (Å²) in [6.45, 7) is 6.27. The highest BCUT2D eigenvalue weighted by Crippen LogP contribution is 2.22. The molecule has 0 unspecified atom stereocenters. The van der Waals surface area contributed by atoms with Gasteiger partial charge in [0.2, 0.25) is 0 Å². The van der Waals surface area contributed by atoms with Crippen LogP contribution >= 0.6 is 12.2 Å². The van der Waals surface area contributed by atoms with Gasteiger partial charge in [0.05, 0.1) is 10.6 Å². The van der Waals surface area contributed by atoms with Crippen LogP contribution in [-0.4, -0.2) is 14.7 Å². The van der Waals surface area contributed by atoms with Crippen LogP contribution < -0.4 is 0 Å². The fraction of sp³-hybridized carbons (Fsp3) is 0.308. The van der Waals surface area contributed by atoms with E-state index in [0.29, 0.717) is 4.64 Å². The first kappa shape index (κ1) is 13.5. The van der Waals surface area contributed by atoms with Crippen LogP contribution in [0.3, 0.4) is 0 Å². The lowest BCUT2D eigenvalue weighted by molar-refractivity contribution is -0.384. The Morgan fingerprint density at radius 2 is 1.84 bits per heavy atom. The second kappa shape index (κ2) is 4.62. The van der Waals surface area contributed by atoms with Crippen LogP contribution in [0.15, 0.2) is 30.3 Å². The number of hydrogen-bond donors (Lipinski definition) is 1. The predicted molar refractivity (Wildman–Crippen MR) is 76.3 cm³/mol. The molecule has 0 aliphatic carbocycles. The van der Waals surface area contributed by atoms with Gasteiger partial charge < -0.3 is 0 Å². The van der Waals surface area contributed by atoms with Crippen LogP contribution in [0.4, 0.5) is 5.69 Å². The minimum absolute atomic E-state index is 0.0282. The number of nitro benzene ring substituents is 1. The largest absolute Gasteiger partial charge is 0.296 e. The van der Waals surface area contributed by atoms with Gasteiger partial charge in [-0.3, -0.25) is 15.2 Å². The first-order chi connectivity index (χ1) is 8.79. The first-order valence-electron chi connectivity index (χ1n) is 5.86. The number of H-pyrrole nitrogens is 1. The molecule has 1 aromatic carbocycles. The van der Waals surface area contributed by atoms with E-state index in [1.54, 1.807) is 16.8 Å². The van der Waals surface area contributed by atoms with Crippen molar-refractivity contribution in [3.63, 3.8) is 0 Å². The molecule has 1 heterocycles. The van der Waals surface area contributed by atoms with Gasteiger partial charge in [-0.2, -0.15) is 0 Å². The van der Waals surface area contributed by atoms with Crippen molar-refractivity contribution in [3.05, 3.63) is 50.8 Å². The molecule has 100 valence electrons. The summed E-state index contributed by atoms with van der Waals surface area (Å²) in [5.41, 5.74) is 1.85. The van der Waals surface area contributed by atoms with Crippen LogP contribution in [0, 0.1) is 14.8 Å². The molecule has 5 nitrogen and oxygen atoms in total. The third-order valence-electron chi connectivity index (χ3n) is 2.85. The lowest BCUT2D eigenvalue weighted by atomic mass is 9.93. The van der Waals surface area contributed by atoms with Gasteiger partial charge in [-0.1, -0.05) is 33.0 Å². The number of nitrogens with zero attached hydrogens (tertiary/aromatic N) is 2. The molecule has 1 aromatic heterocycles. The van der Waals surface area contributed by atoms with Crippen molar-refractivity contribution in [1.82, 2.24) is 9.78 Å². The Balaban J connectivity index is 2.45. The molecule has 0 saturated carbocycles. The van der Waals surface area contributed by atoms with Gasteiger partial charge in [-0.25, -0.2) is 4.68 Å². The predicted octanol–water partition coefficient (Wildman–Crippen LogP) is 3.74. The van der Waals surface area contributed by atoms with Crippen LogP contribution in [0.1, 0.15) is 26.5 Å². The highest BCUT2D eigenvalue weighted by molar-refractivity contribution is 7.71. The summed E-state index contributed by atoms with van der Waals surface area (Å²) in [5, 5.41) is 13.9. The summed E-state index contributed by atoms with van der Waals surface area (Å²) in [5.74, 6) is 0. The molecule has 0 radical (unpaired) electrons. The van der Waals surface area contributed by atoms with Gasteiger partial charge in [0.25, 0.3) is 5.69 Å². The van der Waals surface area contributed by atoms with E-state index in [-0.39, 0.29) is 11.1 Å². The fourth-order valence-electron chi connectivity index (χ4n) is 1.70. The molecule has 2 rings (SSSR count). The Kier molecular flexibility index (Phi) is 3.28. The molecule has 2 aromatic rings. The van der Waals surface area contributed by atoms with Crippen molar-refractivity contribution >= 4 is 17.9 Å². The maximum Gasteiger partial charge on any atom is 0.269 e. The Bertz CT molecular complexity index is 662. The molecule has 1 N–H and O–H groups in total. The summed E-state index contributed by atoms with van der Waals surface area (Å²) in [6.07, 6.45) is 0. The smallest absolute Gasteiger partial charge is 0.269 e. The highest BCUT2D eigenvalue weighted by atomic mass is 32.1. The Morgan fingerprint density at radius 3 is 2.26 bits per heavy atom. The number of hydrogen-bond acceptors (Lipinski definition) is 3. The summed E-state index contributed by atoms with van der Waals surface area (Å²) >= 11 is 5.31. The molecule has 0 bridgehead atoms. The van der Waals surface area contributed by atoms with E-state index in [9.17, 15) is 10.1 Å². The normalized spacial score (nSPS) is 11.5. The monoisotopic (exact) mass is 277 g/mol. The number of nitrogens with one attached hydrogen (secondary N) is 1. The van der Waals surface area contributed by atoms with Crippen LogP contribution in [0.5, 0.6) is 0 Å². The highest BCUT2D eigenvalue weighted by Gasteiger charge is 2.17. The minimum Gasteiger partial charge on any atom is -0.296 e. The zero-order valence-corrected chi connectivity index (χ0v) is 11.8. The maximum absolute atomic E-state index is 10.6. The van der Waals surface area contributed by atoms with Crippen molar-refractivity contribution in [2.24, 2.45) is 0 Å². The number of benzene rings is 1. The van der Waals surface area contributed by atoms with E-state index in [2.05, 4.69) is 25.9 Å². The zero-order chi connectivity index (χ0) is 14.2. The molecule has 0 aliphatic rings. The Morgan fingerprint density at radius 1 is 1.26 bits per heavy atom. The number of aromatic amines is 1. The van der Waals surface area contributed by atoms with E-state index in [0.717, 1.165) is 11.4 Å². The van der Waals surface area contributed by atoms with Crippen molar-refractivity contribution in [3.8, 4) is 5.69 Å². The van der Waals surface area contributed by atoms with Crippen LogP contribution in [0.2, 0.25) is 0 Å². The quantitative estimate of drug-likeness (QED) is 0.516. The number of rotatable bonds is 2. The molecular formula is C13H15N3O2S. The standard InChI is InChI=1S/C13H15N3O2S/c1-13(2,3)11-8-12(19)15(14-11)9-4-6-10(7-5-9)16(17)18/h4-8,14H,1-3H3. The van der Waals surface area contributed by atoms with Crippen molar-refractivity contribution < 1.29 is 4.92 Å². The van der Waals surface area contributed by atoms with E-state index in [1.807, 2.05) is 6.07 Å². The van der Waals surface area contributed by atoms with E-state index in [4.69, 9.17) is 12.2 Å². The molecule has 19 heavy (non-hydrogen) atoms. The van der Waals surface area contributed by atoms with Crippen LogP contribution in [0.25, 0.3) is 5.69 Å². The Hall–Kier alpha value is -1.95. The van der Waals surface area contributed by atoms with Gasteiger partial charge >= 0.3 is 0 Å². The fourth-order valence-corrected chi connectivity index (χ4v) is 1.96. The van der Waals surface area contributed by atoms with Gasteiger partial charge in [-0.05, 0) is 18.2 Å². The van der Waals surface area contributed by atoms with Gasteiger partial charge in [0.1, 0.15) is 4.64 Å². The summed E-state index contributed by atoms with van der Waals surface area (Å²) < 4.78 is 2.40. The molecule has 0 atom stereocenters. The number of aromatic nitrogens is 2. The van der Waals surface area contributed by atoms with E-state index < -0.39 is 4.92 Å². The Labute approximate surface area is 116 Å². The van der Waals surface area contributed by atoms with Crippen molar-refractivity contribution in [2.75, 3.05) is 0 Å². The summed E-state index contributed by atoms with van der Waals surface area (Å²) in [4.78, 5) is 10.2. The second-order valence-electron chi connectivity index (χ2n) is 5.37. The van der Waals surface area contributed by atoms with Gasteiger partial charge in [0, 0.05) is 23.2 Å². The third kappa shape index (κ3) is 2.73.